The summed E-state index contributed by atoms with van der Waals surface area (Å²) in [7, 11) is 1.64. The van der Waals surface area contributed by atoms with Crippen molar-refractivity contribution < 1.29 is 9.53 Å². The van der Waals surface area contributed by atoms with Crippen LogP contribution in [0.15, 0.2) is 24.3 Å². The Morgan fingerprint density at radius 2 is 2.00 bits per heavy atom. The SMILES string of the molecule is COc1ccc(CCC2(C)NC(=S)NC2=O)cc1. The number of nitrogens with one attached hydrogen (secondary N) is 2. The van der Waals surface area contributed by atoms with Crippen LogP contribution in [0.5, 0.6) is 5.75 Å². The summed E-state index contributed by atoms with van der Waals surface area (Å²) in [4.78, 5) is 11.7. The fourth-order valence-electron chi connectivity index (χ4n) is 1.94. The Morgan fingerprint density at radius 1 is 1.33 bits per heavy atom. The fraction of sp³-hybridized carbons (Fsp3) is 0.385. The van der Waals surface area contributed by atoms with E-state index in [1.807, 2.05) is 31.2 Å². The van der Waals surface area contributed by atoms with Gasteiger partial charge in [0.25, 0.3) is 5.91 Å². The highest BCUT2D eigenvalue weighted by molar-refractivity contribution is 7.80. The third-order valence-electron chi connectivity index (χ3n) is 3.19. The summed E-state index contributed by atoms with van der Waals surface area (Å²) in [6, 6.07) is 7.86. The van der Waals surface area contributed by atoms with Crippen LogP contribution in [-0.2, 0) is 11.2 Å². The maximum absolute atomic E-state index is 11.7. The predicted octanol–water partition coefficient (Wildman–Crippen LogP) is 1.39. The summed E-state index contributed by atoms with van der Waals surface area (Å²) < 4.78 is 5.10. The van der Waals surface area contributed by atoms with Gasteiger partial charge in [-0.2, -0.15) is 0 Å². The molecular weight excluding hydrogens is 248 g/mol. The van der Waals surface area contributed by atoms with Crippen LogP contribution in [0.3, 0.4) is 0 Å². The largest absolute Gasteiger partial charge is 0.497 e. The van der Waals surface area contributed by atoms with E-state index in [-0.39, 0.29) is 5.91 Å². The lowest BCUT2D eigenvalue weighted by Gasteiger charge is -2.20. The molecule has 1 atom stereocenters. The Balaban J connectivity index is 1.98. The van der Waals surface area contributed by atoms with E-state index in [0.29, 0.717) is 11.5 Å². The van der Waals surface area contributed by atoms with Gasteiger partial charge in [0.2, 0.25) is 0 Å². The van der Waals surface area contributed by atoms with Crippen molar-refractivity contribution in [3.63, 3.8) is 0 Å². The molecule has 5 heteroatoms. The van der Waals surface area contributed by atoms with Gasteiger partial charge in [-0.3, -0.25) is 4.79 Å². The van der Waals surface area contributed by atoms with Gasteiger partial charge < -0.3 is 15.4 Å². The third-order valence-corrected chi connectivity index (χ3v) is 3.39. The summed E-state index contributed by atoms with van der Waals surface area (Å²) >= 11 is 4.95. The molecule has 0 radical (unpaired) electrons. The molecule has 96 valence electrons. The second kappa shape index (κ2) is 4.94. The van der Waals surface area contributed by atoms with E-state index in [9.17, 15) is 4.79 Å². The van der Waals surface area contributed by atoms with E-state index in [1.54, 1.807) is 7.11 Å². The van der Waals surface area contributed by atoms with Crippen molar-refractivity contribution in [1.29, 1.82) is 0 Å². The summed E-state index contributed by atoms with van der Waals surface area (Å²) in [6.07, 6.45) is 1.51. The Hall–Kier alpha value is -1.62. The first-order valence-electron chi connectivity index (χ1n) is 5.80. The molecular formula is C13H16N2O2S. The number of carbonyl (C=O) groups excluding carboxylic acids is 1. The van der Waals surface area contributed by atoms with E-state index in [0.717, 1.165) is 12.2 Å². The summed E-state index contributed by atoms with van der Waals surface area (Å²) in [5.41, 5.74) is 0.571. The number of aryl methyl sites for hydroxylation is 1. The minimum absolute atomic E-state index is 0.0546. The highest BCUT2D eigenvalue weighted by Crippen LogP contribution is 2.19. The lowest BCUT2D eigenvalue weighted by Crippen LogP contribution is -2.43. The molecule has 4 nitrogen and oxygen atoms in total. The van der Waals surface area contributed by atoms with Gasteiger partial charge in [-0.05, 0) is 49.7 Å². The number of amides is 1. The number of hydrogen-bond acceptors (Lipinski definition) is 3. The molecule has 1 aliphatic rings. The van der Waals surface area contributed by atoms with Crippen molar-refractivity contribution in [2.24, 2.45) is 0 Å². The molecule has 1 unspecified atom stereocenters. The molecule has 1 heterocycles. The first-order chi connectivity index (χ1) is 8.53. The number of benzene rings is 1. The van der Waals surface area contributed by atoms with Crippen LogP contribution in [0.25, 0.3) is 0 Å². The Bertz CT molecular complexity index is 472. The lowest BCUT2D eigenvalue weighted by atomic mass is 9.93. The molecule has 1 saturated heterocycles. The summed E-state index contributed by atoms with van der Waals surface area (Å²) in [6.45, 7) is 1.87. The van der Waals surface area contributed by atoms with E-state index in [4.69, 9.17) is 17.0 Å². The monoisotopic (exact) mass is 264 g/mol. The number of carbonyl (C=O) groups is 1. The smallest absolute Gasteiger partial charge is 0.251 e. The topological polar surface area (TPSA) is 50.4 Å². The quantitative estimate of drug-likeness (QED) is 0.807. The molecule has 0 spiro atoms. The molecule has 1 aliphatic heterocycles. The van der Waals surface area contributed by atoms with Crippen molar-refractivity contribution in [2.45, 2.75) is 25.3 Å². The molecule has 2 N–H and O–H groups in total. The van der Waals surface area contributed by atoms with Crippen LogP contribution >= 0.6 is 12.2 Å². The second-order valence-corrected chi connectivity index (χ2v) is 5.00. The van der Waals surface area contributed by atoms with Crippen LogP contribution in [0.1, 0.15) is 18.9 Å². The first kappa shape index (κ1) is 12.8. The van der Waals surface area contributed by atoms with E-state index in [2.05, 4.69) is 10.6 Å². The second-order valence-electron chi connectivity index (χ2n) is 4.59. The third kappa shape index (κ3) is 2.61. The maximum atomic E-state index is 11.7. The molecule has 2 rings (SSSR count). The van der Waals surface area contributed by atoms with Crippen LogP contribution < -0.4 is 15.4 Å². The summed E-state index contributed by atoms with van der Waals surface area (Å²) in [5.74, 6) is 0.781. The number of methoxy groups -OCH3 is 1. The van der Waals surface area contributed by atoms with Gasteiger partial charge in [0.05, 0.1) is 7.11 Å². The molecule has 18 heavy (non-hydrogen) atoms. The first-order valence-corrected chi connectivity index (χ1v) is 6.21. The summed E-state index contributed by atoms with van der Waals surface area (Å²) in [5, 5.41) is 6.06. The molecule has 0 saturated carbocycles. The average Bonchev–Trinajstić information content (AvgIpc) is 2.61. The number of ether oxygens (including phenoxy) is 1. The minimum Gasteiger partial charge on any atom is -0.497 e. The van der Waals surface area contributed by atoms with Gasteiger partial charge in [-0.25, -0.2) is 0 Å². The van der Waals surface area contributed by atoms with Gasteiger partial charge in [0.1, 0.15) is 11.3 Å². The van der Waals surface area contributed by atoms with Gasteiger partial charge >= 0.3 is 0 Å². The maximum Gasteiger partial charge on any atom is 0.251 e. The van der Waals surface area contributed by atoms with E-state index < -0.39 is 5.54 Å². The van der Waals surface area contributed by atoms with E-state index in [1.165, 1.54) is 5.56 Å². The van der Waals surface area contributed by atoms with Gasteiger partial charge in [0, 0.05) is 0 Å². The Morgan fingerprint density at radius 3 is 2.50 bits per heavy atom. The van der Waals surface area contributed by atoms with Gasteiger partial charge in [-0.1, -0.05) is 12.1 Å². The number of rotatable bonds is 4. The van der Waals surface area contributed by atoms with Crippen LogP contribution in [0, 0.1) is 0 Å². The van der Waals surface area contributed by atoms with Crippen molar-refractivity contribution in [2.75, 3.05) is 7.11 Å². The normalized spacial score (nSPS) is 22.6. The highest BCUT2D eigenvalue weighted by atomic mass is 32.1. The Labute approximate surface area is 112 Å². The standard InChI is InChI=1S/C13H16N2O2S/c1-13(11(16)14-12(18)15-13)8-7-9-3-5-10(17-2)6-4-9/h3-6H,7-8H2,1-2H3,(H2,14,15,16,18). The van der Waals surface area contributed by atoms with Crippen LogP contribution in [0.2, 0.25) is 0 Å². The molecule has 0 aliphatic carbocycles. The average molecular weight is 264 g/mol. The molecule has 0 aromatic heterocycles. The van der Waals surface area contributed by atoms with Crippen molar-refractivity contribution in [3.8, 4) is 5.75 Å². The van der Waals surface area contributed by atoms with Crippen LogP contribution in [-0.4, -0.2) is 23.7 Å². The molecule has 0 bridgehead atoms. The molecule has 1 fully saturated rings. The van der Waals surface area contributed by atoms with Crippen molar-refractivity contribution in [3.05, 3.63) is 29.8 Å². The van der Waals surface area contributed by atoms with Crippen LogP contribution in [0.4, 0.5) is 0 Å². The van der Waals surface area contributed by atoms with Crippen molar-refractivity contribution >= 4 is 23.2 Å². The molecule has 1 amide bonds. The fourth-order valence-corrected chi connectivity index (χ4v) is 2.26. The van der Waals surface area contributed by atoms with Gasteiger partial charge in [-0.15, -0.1) is 0 Å². The van der Waals surface area contributed by atoms with Gasteiger partial charge in [0.15, 0.2) is 5.11 Å². The number of hydrogen-bond donors (Lipinski definition) is 2. The predicted molar refractivity (Wildman–Crippen MR) is 73.6 cm³/mol. The highest BCUT2D eigenvalue weighted by Gasteiger charge is 2.39. The molecule has 1 aromatic carbocycles. The van der Waals surface area contributed by atoms with Crippen molar-refractivity contribution in [1.82, 2.24) is 10.6 Å². The zero-order valence-corrected chi connectivity index (χ0v) is 11.3. The zero-order valence-electron chi connectivity index (χ0n) is 10.4. The zero-order chi connectivity index (χ0) is 13.2. The van der Waals surface area contributed by atoms with E-state index >= 15 is 0 Å². The number of thiocarbonyl (C=S) groups is 1. The lowest BCUT2D eigenvalue weighted by molar-refractivity contribution is -0.123. The minimum atomic E-state index is -0.600. The molecule has 1 aromatic rings. The Kier molecular flexibility index (Phi) is 3.52.